The van der Waals surface area contributed by atoms with Crippen molar-refractivity contribution in [2.75, 3.05) is 44.2 Å². The topological polar surface area (TPSA) is 82.8 Å². The molecule has 2 aliphatic heterocycles. The number of hydrogen-bond donors (Lipinski definition) is 0. The molecular weight excluding hydrogens is 430 g/mol. The quantitative estimate of drug-likeness (QED) is 0.596. The van der Waals surface area contributed by atoms with Gasteiger partial charge in [0.15, 0.2) is 11.6 Å². The highest BCUT2D eigenvalue weighted by Crippen LogP contribution is 2.26. The molecule has 0 aliphatic carbocycles. The first kappa shape index (κ1) is 22.1. The molecule has 2 aliphatic rings. The van der Waals surface area contributed by atoms with Crippen LogP contribution in [0.1, 0.15) is 29.0 Å². The molecule has 5 rings (SSSR count). The molecule has 2 amide bonds. The summed E-state index contributed by atoms with van der Waals surface area (Å²) in [6.07, 6.45) is 3.10. The second-order valence-corrected chi connectivity index (χ2v) is 8.95. The second-order valence-electron chi connectivity index (χ2n) is 8.95. The fourth-order valence-electron chi connectivity index (χ4n) is 4.80. The Morgan fingerprint density at radius 1 is 0.853 bits per heavy atom. The highest BCUT2D eigenvalue weighted by Gasteiger charge is 2.32. The average molecular weight is 460 g/mol. The van der Waals surface area contributed by atoms with E-state index in [9.17, 15) is 9.59 Å². The van der Waals surface area contributed by atoms with Crippen molar-refractivity contribution in [3.8, 4) is 11.3 Å². The number of amides is 2. The number of aromatic nitrogens is 2. The van der Waals surface area contributed by atoms with E-state index >= 15 is 0 Å². The number of rotatable bonds is 4. The Morgan fingerprint density at radius 2 is 1.59 bits per heavy atom. The van der Waals surface area contributed by atoms with Gasteiger partial charge in [-0.25, -0.2) is 0 Å². The molecule has 8 nitrogen and oxygen atoms in total. The van der Waals surface area contributed by atoms with Gasteiger partial charge in [0.05, 0.1) is 12.0 Å². The Labute approximate surface area is 199 Å². The van der Waals surface area contributed by atoms with Crippen molar-refractivity contribution in [1.82, 2.24) is 20.0 Å². The van der Waals surface area contributed by atoms with Gasteiger partial charge in [0.2, 0.25) is 5.91 Å². The van der Waals surface area contributed by atoms with Crippen LogP contribution in [0, 0.1) is 12.8 Å². The Morgan fingerprint density at radius 3 is 2.24 bits per heavy atom. The fraction of sp³-hybridized carbons (Fsp3) is 0.385. The average Bonchev–Trinajstić information content (AvgIpc) is 3.44. The van der Waals surface area contributed by atoms with Crippen LogP contribution in [0.4, 0.5) is 5.82 Å². The summed E-state index contributed by atoms with van der Waals surface area (Å²) in [6, 6.07) is 15.6. The molecule has 2 aromatic heterocycles. The maximum absolute atomic E-state index is 13.1. The minimum Gasteiger partial charge on any atom is -0.459 e. The van der Waals surface area contributed by atoms with Crippen molar-refractivity contribution in [3.05, 3.63) is 66.1 Å². The van der Waals surface area contributed by atoms with E-state index in [-0.39, 0.29) is 17.7 Å². The third-order valence-electron chi connectivity index (χ3n) is 6.85. The monoisotopic (exact) mass is 459 g/mol. The molecule has 3 aromatic rings. The lowest BCUT2D eigenvalue weighted by Gasteiger charge is -2.38. The molecule has 8 heteroatoms. The van der Waals surface area contributed by atoms with E-state index in [2.05, 4.69) is 34.2 Å². The standard InChI is InChI=1S/C26H29N5O3/c1-19-5-2-3-6-21(19)22-8-9-24(28-27-22)29-12-10-20(11-13-29)25(32)30-14-16-31(17-15-30)26(33)23-7-4-18-34-23/h2-9,18,20H,10-17H2,1H3. The van der Waals surface area contributed by atoms with Gasteiger partial charge >= 0.3 is 0 Å². The lowest BCUT2D eigenvalue weighted by Crippen LogP contribution is -2.53. The number of carbonyl (C=O) groups is 2. The highest BCUT2D eigenvalue weighted by molar-refractivity contribution is 5.91. The van der Waals surface area contributed by atoms with Crippen LogP contribution in [0.25, 0.3) is 11.3 Å². The van der Waals surface area contributed by atoms with E-state index in [1.54, 1.807) is 17.0 Å². The Kier molecular flexibility index (Phi) is 6.29. The third-order valence-corrected chi connectivity index (χ3v) is 6.85. The lowest BCUT2D eigenvalue weighted by atomic mass is 9.95. The number of carbonyl (C=O) groups excluding carboxylic acids is 2. The van der Waals surface area contributed by atoms with Crippen LogP contribution in [-0.2, 0) is 4.79 Å². The largest absolute Gasteiger partial charge is 0.459 e. The van der Waals surface area contributed by atoms with Gasteiger partial charge in [-0.05, 0) is 49.6 Å². The Balaban J connectivity index is 1.12. The fourth-order valence-corrected chi connectivity index (χ4v) is 4.80. The van der Waals surface area contributed by atoms with E-state index in [4.69, 9.17) is 4.42 Å². The number of hydrogen-bond acceptors (Lipinski definition) is 6. The first-order valence-electron chi connectivity index (χ1n) is 11.9. The maximum Gasteiger partial charge on any atom is 0.289 e. The van der Waals surface area contributed by atoms with Crippen LogP contribution >= 0.6 is 0 Å². The van der Waals surface area contributed by atoms with Crippen LogP contribution in [-0.4, -0.2) is 71.1 Å². The molecule has 1 aromatic carbocycles. The first-order valence-corrected chi connectivity index (χ1v) is 11.9. The van der Waals surface area contributed by atoms with Gasteiger partial charge in [0.1, 0.15) is 0 Å². The van der Waals surface area contributed by atoms with Crippen LogP contribution in [0.3, 0.4) is 0 Å². The molecule has 0 spiro atoms. The van der Waals surface area contributed by atoms with E-state index in [1.807, 2.05) is 29.2 Å². The molecule has 0 N–H and O–H groups in total. The van der Waals surface area contributed by atoms with Crippen LogP contribution < -0.4 is 4.90 Å². The van der Waals surface area contributed by atoms with Gasteiger partial charge in [-0.3, -0.25) is 9.59 Å². The van der Waals surface area contributed by atoms with Gasteiger partial charge in [0.25, 0.3) is 5.91 Å². The number of piperidine rings is 1. The number of furan rings is 1. The number of piperazine rings is 1. The number of benzene rings is 1. The summed E-state index contributed by atoms with van der Waals surface area (Å²) in [5, 5.41) is 8.91. The molecule has 176 valence electrons. The van der Waals surface area contributed by atoms with Gasteiger partial charge in [-0.2, -0.15) is 0 Å². The summed E-state index contributed by atoms with van der Waals surface area (Å²) < 4.78 is 5.21. The minimum absolute atomic E-state index is 0.0165. The third kappa shape index (κ3) is 4.53. The van der Waals surface area contributed by atoms with Crippen molar-refractivity contribution < 1.29 is 14.0 Å². The number of nitrogens with zero attached hydrogens (tertiary/aromatic N) is 5. The van der Waals surface area contributed by atoms with Crippen LogP contribution in [0.15, 0.2) is 59.2 Å². The van der Waals surface area contributed by atoms with Crippen LogP contribution in [0.2, 0.25) is 0 Å². The van der Waals surface area contributed by atoms with Gasteiger partial charge in [-0.1, -0.05) is 24.3 Å². The molecular formula is C26H29N5O3. The molecule has 2 fully saturated rings. The van der Waals surface area contributed by atoms with Crippen molar-refractivity contribution in [2.24, 2.45) is 5.92 Å². The van der Waals surface area contributed by atoms with E-state index in [1.165, 1.54) is 11.8 Å². The van der Waals surface area contributed by atoms with Gasteiger partial charge in [0, 0.05) is 50.7 Å². The minimum atomic E-state index is -0.111. The Bertz CT molecular complexity index is 1130. The highest BCUT2D eigenvalue weighted by atomic mass is 16.3. The van der Waals surface area contributed by atoms with E-state index < -0.39 is 0 Å². The lowest BCUT2D eigenvalue weighted by molar-refractivity contribution is -0.137. The van der Waals surface area contributed by atoms with Crippen molar-refractivity contribution >= 4 is 17.6 Å². The summed E-state index contributed by atoms with van der Waals surface area (Å²) in [6.45, 7) is 5.84. The second kappa shape index (κ2) is 9.67. The zero-order valence-corrected chi connectivity index (χ0v) is 19.4. The summed E-state index contributed by atoms with van der Waals surface area (Å²) in [5.74, 6) is 1.31. The molecule has 0 atom stereocenters. The maximum atomic E-state index is 13.1. The van der Waals surface area contributed by atoms with Crippen molar-refractivity contribution in [3.63, 3.8) is 0 Å². The zero-order valence-electron chi connectivity index (χ0n) is 19.4. The summed E-state index contributed by atoms with van der Waals surface area (Å²) in [4.78, 5) is 31.4. The van der Waals surface area contributed by atoms with E-state index in [0.717, 1.165) is 43.0 Å². The molecule has 0 radical (unpaired) electrons. The molecule has 0 bridgehead atoms. The molecule has 0 unspecified atom stereocenters. The number of aryl methyl sites for hydroxylation is 1. The van der Waals surface area contributed by atoms with Gasteiger partial charge < -0.3 is 19.1 Å². The predicted octanol–water partition coefficient (Wildman–Crippen LogP) is 3.25. The smallest absolute Gasteiger partial charge is 0.289 e. The first-order chi connectivity index (χ1) is 16.6. The van der Waals surface area contributed by atoms with Crippen molar-refractivity contribution in [2.45, 2.75) is 19.8 Å². The molecule has 34 heavy (non-hydrogen) atoms. The Hall–Kier alpha value is -3.68. The van der Waals surface area contributed by atoms with E-state index in [0.29, 0.717) is 31.9 Å². The van der Waals surface area contributed by atoms with Gasteiger partial charge in [-0.15, -0.1) is 10.2 Å². The summed E-state index contributed by atoms with van der Waals surface area (Å²) in [5.41, 5.74) is 3.14. The normalized spacial score (nSPS) is 17.1. The molecule has 4 heterocycles. The molecule has 0 saturated carbocycles. The SMILES string of the molecule is Cc1ccccc1-c1ccc(N2CCC(C(=O)N3CCN(C(=O)c4ccco4)CC3)CC2)nn1. The zero-order chi connectivity index (χ0) is 23.5. The predicted molar refractivity (Wildman–Crippen MR) is 128 cm³/mol. The number of anilines is 1. The summed E-state index contributed by atoms with van der Waals surface area (Å²) in [7, 11) is 0. The summed E-state index contributed by atoms with van der Waals surface area (Å²) >= 11 is 0. The van der Waals surface area contributed by atoms with Crippen LogP contribution in [0.5, 0.6) is 0 Å². The van der Waals surface area contributed by atoms with Crippen molar-refractivity contribution in [1.29, 1.82) is 0 Å². The molecule has 2 saturated heterocycles.